The second-order valence-electron chi connectivity index (χ2n) is 7.32. The van der Waals surface area contributed by atoms with Crippen LogP contribution in [0.3, 0.4) is 0 Å². The molecule has 3 aliphatic carbocycles. The lowest BCUT2D eigenvalue weighted by Crippen LogP contribution is -2.45. The summed E-state index contributed by atoms with van der Waals surface area (Å²) in [5, 5.41) is 0. The fourth-order valence-electron chi connectivity index (χ4n) is 4.97. The summed E-state index contributed by atoms with van der Waals surface area (Å²) >= 11 is 0. The van der Waals surface area contributed by atoms with Crippen LogP contribution in [0.5, 0.6) is 0 Å². The zero-order valence-electron chi connectivity index (χ0n) is 10.5. The minimum atomic E-state index is 0.471. The zero-order chi connectivity index (χ0) is 10.7. The van der Waals surface area contributed by atoms with Crippen LogP contribution in [-0.4, -0.2) is 0 Å². The van der Waals surface area contributed by atoms with Gasteiger partial charge in [0.1, 0.15) is 0 Å². The highest BCUT2D eigenvalue weighted by Crippen LogP contribution is 2.65. The molecule has 3 unspecified atom stereocenters. The maximum atomic E-state index is 2.61. The van der Waals surface area contributed by atoms with Crippen LogP contribution in [0, 0.1) is 22.2 Å². The standard InChI is InChI=1S/C15H24/c1-13(2)9-10-15-7-4-6-14(3,11-15)8-5-12(13)15/h9-10,12H,4-8,11H2,1-3H3. The highest BCUT2D eigenvalue weighted by Gasteiger charge is 2.55. The third-order valence-electron chi connectivity index (χ3n) is 5.65. The van der Waals surface area contributed by atoms with Crippen LogP contribution in [0.15, 0.2) is 12.2 Å². The summed E-state index contributed by atoms with van der Waals surface area (Å²) in [6, 6.07) is 0. The highest BCUT2D eigenvalue weighted by atomic mass is 14.6. The van der Waals surface area contributed by atoms with E-state index in [2.05, 4.69) is 32.9 Å². The maximum Gasteiger partial charge on any atom is -0.00765 e. The predicted molar refractivity (Wildman–Crippen MR) is 64.7 cm³/mol. The molecule has 2 bridgehead atoms. The molecule has 0 saturated heterocycles. The Balaban J connectivity index is 1.99. The molecule has 0 aliphatic heterocycles. The van der Waals surface area contributed by atoms with E-state index in [9.17, 15) is 0 Å². The Kier molecular flexibility index (Phi) is 1.79. The van der Waals surface area contributed by atoms with Gasteiger partial charge in [-0.15, -0.1) is 0 Å². The number of fused-ring (bicyclic) bond motifs is 1. The van der Waals surface area contributed by atoms with Gasteiger partial charge in [0, 0.05) is 0 Å². The van der Waals surface area contributed by atoms with E-state index in [1.807, 2.05) is 0 Å². The van der Waals surface area contributed by atoms with E-state index in [1.54, 1.807) is 0 Å². The molecule has 0 heterocycles. The van der Waals surface area contributed by atoms with E-state index in [0.29, 0.717) is 16.2 Å². The Morgan fingerprint density at radius 2 is 1.80 bits per heavy atom. The predicted octanol–water partition coefficient (Wildman–Crippen LogP) is 4.56. The molecule has 0 N–H and O–H groups in total. The molecule has 0 heteroatoms. The van der Waals surface area contributed by atoms with E-state index < -0.39 is 0 Å². The van der Waals surface area contributed by atoms with Crippen molar-refractivity contribution >= 4 is 0 Å². The number of allylic oxidation sites excluding steroid dienone is 2. The first-order chi connectivity index (χ1) is 6.96. The van der Waals surface area contributed by atoms with Crippen molar-refractivity contribution < 1.29 is 0 Å². The first-order valence-electron chi connectivity index (χ1n) is 6.66. The normalized spacial score (nSPS) is 51.5. The van der Waals surface area contributed by atoms with Crippen molar-refractivity contribution in [3.05, 3.63) is 12.2 Å². The van der Waals surface area contributed by atoms with Gasteiger partial charge in [0.15, 0.2) is 0 Å². The van der Waals surface area contributed by atoms with Gasteiger partial charge in [0.25, 0.3) is 0 Å². The van der Waals surface area contributed by atoms with E-state index in [4.69, 9.17) is 0 Å². The molecule has 1 spiro atoms. The molecule has 0 nitrogen and oxygen atoms in total. The van der Waals surface area contributed by atoms with Crippen LogP contribution in [0.25, 0.3) is 0 Å². The van der Waals surface area contributed by atoms with Crippen molar-refractivity contribution in [1.29, 1.82) is 0 Å². The van der Waals surface area contributed by atoms with E-state index in [-0.39, 0.29) is 0 Å². The average molecular weight is 204 g/mol. The quantitative estimate of drug-likeness (QED) is 0.507. The van der Waals surface area contributed by atoms with Crippen molar-refractivity contribution in [1.82, 2.24) is 0 Å². The van der Waals surface area contributed by atoms with Gasteiger partial charge < -0.3 is 0 Å². The summed E-state index contributed by atoms with van der Waals surface area (Å²) < 4.78 is 0. The largest absolute Gasteiger partial charge is 0.0820 e. The van der Waals surface area contributed by atoms with Crippen LogP contribution in [0.4, 0.5) is 0 Å². The van der Waals surface area contributed by atoms with E-state index >= 15 is 0 Å². The fourth-order valence-corrected chi connectivity index (χ4v) is 4.97. The van der Waals surface area contributed by atoms with Gasteiger partial charge in [-0.2, -0.15) is 0 Å². The average Bonchev–Trinajstić information content (AvgIpc) is 2.36. The molecule has 15 heavy (non-hydrogen) atoms. The fraction of sp³-hybridized carbons (Fsp3) is 0.867. The number of hydrogen-bond donors (Lipinski definition) is 0. The monoisotopic (exact) mass is 204 g/mol. The third kappa shape index (κ3) is 1.26. The van der Waals surface area contributed by atoms with E-state index in [1.165, 1.54) is 38.5 Å². The van der Waals surface area contributed by atoms with Crippen molar-refractivity contribution in [2.24, 2.45) is 22.2 Å². The molecule has 3 atom stereocenters. The maximum absolute atomic E-state index is 2.61. The SMILES string of the molecule is CC12CCCC3(C=CC(C)(C)C3CC1)C2. The smallest absolute Gasteiger partial charge is 0.00765 e. The van der Waals surface area contributed by atoms with Crippen molar-refractivity contribution in [3.8, 4) is 0 Å². The van der Waals surface area contributed by atoms with Gasteiger partial charge in [-0.1, -0.05) is 39.3 Å². The number of rotatable bonds is 0. The molecule has 3 aliphatic rings. The Morgan fingerprint density at radius 1 is 1.00 bits per heavy atom. The van der Waals surface area contributed by atoms with Gasteiger partial charge in [0.05, 0.1) is 0 Å². The second-order valence-corrected chi connectivity index (χ2v) is 7.32. The van der Waals surface area contributed by atoms with Gasteiger partial charge in [-0.05, 0) is 54.3 Å². The Bertz CT molecular complexity index is 312. The van der Waals surface area contributed by atoms with E-state index in [0.717, 1.165) is 5.92 Å². The second kappa shape index (κ2) is 2.70. The molecule has 2 fully saturated rings. The lowest BCUT2D eigenvalue weighted by atomic mass is 9.50. The first-order valence-corrected chi connectivity index (χ1v) is 6.66. The summed E-state index contributed by atoms with van der Waals surface area (Å²) in [6.45, 7) is 7.42. The van der Waals surface area contributed by atoms with Crippen molar-refractivity contribution in [3.63, 3.8) is 0 Å². The Morgan fingerprint density at radius 3 is 2.60 bits per heavy atom. The molecule has 0 aromatic carbocycles. The summed E-state index contributed by atoms with van der Waals surface area (Å²) in [4.78, 5) is 0. The van der Waals surface area contributed by atoms with Crippen LogP contribution >= 0.6 is 0 Å². The summed E-state index contributed by atoms with van der Waals surface area (Å²) in [7, 11) is 0. The van der Waals surface area contributed by atoms with Crippen LogP contribution in [-0.2, 0) is 0 Å². The van der Waals surface area contributed by atoms with Gasteiger partial charge >= 0.3 is 0 Å². The lowest BCUT2D eigenvalue weighted by Gasteiger charge is -2.55. The Hall–Kier alpha value is -0.260. The molecule has 0 amide bonds. The molecule has 0 aromatic heterocycles. The first kappa shape index (κ1) is 9.93. The van der Waals surface area contributed by atoms with Crippen LogP contribution < -0.4 is 0 Å². The van der Waals surface area contributed by atoms with Gasteiger partial charge in [-0.3, -0.25) is 0 Å². The Labute approximate surface area is 94.1 Å². The summed E-state index contributed by atoms with van der Waals surface area (Å²) in [5.74, 6) is 0.943. The lowest BCUT2D eigenvalue weighted by molar-refractivity contribution is -0.0270. The highest BCUT2D eigenvalue weighted by molar-refractivity contribution is 5.22. The molecule has 84 valence electrons. The molecule has 2 saturated carbocycles. The minimum Gasteiger partial charge on any atom is -0.0820 e. The van der Waals surface area contributed by atoms with Gasteiger partial charge in [-0.25, -0.2) is 0 Å². The molecular weight excluding hydrogens is 180 g/mol. The topological polar surface area (TPSA) is 0 Å². The van der Waals surface area contributed by atoms with Crippen LogP contribution in [0.1, 0.15) is 59.3 Å². The molecule has 3 rings (SSSR count). The van der Waals surface area contributed by atoms with Crippen LogP contribution in [0.2, 0.25) is 0 Å². The zero-order valence-corrected chi connectivity index (χ0v) is 10.5. The summed E-state index contributed by atoms with van der Waals surface area (Å²) in [5.41, 5.74) is 1.76. The minimum absolute atomic E-state index is 0.471. The van der Waals surface area contributed by atoms with Gasteiger partial charge in [0.2, 0.25) is 0 Å². The number of hydrogen-bond acceptors (Lipinski definition) is 0. The molecule has 0 radical (unpaired) electrons. The van der Waals surface area contributed by atoms with Crippen molar-refractivity contribution in [2.45, 2.75) is 59.3 Å². The van der Waals surface area contributed by atoms with Crippen molar-refractivity contribution in [2.75, 3.05) is 0 Å². The third-order valence-corrected chi connectivity index (χ3v) is 5.65. The summed E-state index contributed by atoms with van der Waals surface area (Å²) in [6.07, 6.45) is 14.0. The molecular formula is C15H24. The molecule has 0 aromatic rings.